The minimum atomic E-state index is -0.353. The van der Waals surface area contributed by atoms with Gasteiger partial charge in [-0.2, -0.15) is 0 Å². The molecule has 0 aliphatic heterocycles. The average Bonchev–Trinajstić information content (AvgIpc) is 1.94. The Labute approximate surface area is 86.2 Å². The van der Waals surface area contributed by atoms with E-state index in [9.17, 15) is 10.1 Å². The first kappa shape index (κ1) is 9.67. The summed E-state index contributed by atoms with van der Waals surface area (Å²) in [4.78, 5) is 9.83. The highest BCUT2D eigenvalue weighted by Crippen LogP contribution is 2.22. The zero-order chi connectivity index (χ0) is 9.14. The van der Waals surface area contributed by atoms with Crippen molar-refractivity contribution in [2.45, 2.75) is 6.54 Å². The average molecular weight is 295 g/mol. The highest BCUT2D eigenvalue weighted by atomic mass is 79.9. The third-order valence-corrected chi connectivity index (χ3v) is 2.55. The predicted octanol–water partition coefficient (Wildman–Crippen LogP) is 2.99. The molecule has 0 aliphatic rings. The van der Waals surface area contributed by atoms with Gasteiger partial charge in [0, 0.05) is 19.4 Å². The molecule has 0 spiro atoms. The summed E-state index contributed by atoms with van der Waals surface area (Å²) in [7, 11) is 0. The van der Waals surface area contributed by atoms with E-state index < -0.39 is 0 Å². The largest absolute Gasteiger partial charge is 0.264 e. The first-order chi connectivity index (χ1) is 5.59. The predicted molar refractivity (Wildman–Crippen MR) is 52.5 cm³/mol. The summed E-state index contributed by atoms with van der Waals surface area (Å²) in [5.74, 6) is 0. The van der Waals surface area contributed by atoms with Gasteiger partial charge in [-0.05, 0) is 12.1 Å². The van der Waals surface area contributed by atoms with Crippen LogP contribution in [-0.2, 0) is 6.54 Å². The van der Waals surface area contributed by atoms with E-state index in [-0.39, 0.29) is 11.5 Å². The van der Waals surface area contributed by atoms with Gasteiger partial charge in [0.2, 0.25) is 6.54 Å². The van der Waals surface area contributed by atoms with Crippen molar-refractivity contribution in [3.8, 4) is 0 Å². The molecule has 12 heavy (non-hydrogen) atoms. The summed E-state index contributed by atoms with van der Waals surface area (Å²) in [6.45, 7) is -0.145. The van der Waals surface area contributed by atoms with Gasteiger partial charge in [-0.3, -0.25) is 10.1 Å². The van der Waals surface area contributed by atoms with Crippen molar-refractivity contribution >= 4 is 31.9 Å². The monoisotopic (exact) mass is 293 g/mol. The minimum absolute atomic E-state index is 0.145. The molecule has 0 aliphatic carbocycles. The Bertz CT molecular complexity index is 314. The maximum Gasteiger partial charge on any atom is 0.230 e. The van der Waals surface area contributed by atoms with E-state index in [0.717, 1.165) is 8.95 Å². The van der Waals surface area contributed by atoms with Crippen LogP contribution in [0, 0.1) is 10.1 Å². The van der Waals surface area contributed by atoms with Crippen molar-refractivity contribution < 1.29 is 4.92 Å². The van der Waals surface area contributed by atoms with Crippen LogP contribution in [0.4, 0.5) is 0 Å². The number of nitro groups is 1. The maximum atomic E-state index is 10.2. The molecule has 0 aromatic heterocycles. The van der Waals surface area contributed by atoms with E-state index in [2.05, 4.69) is 31.9 Å². The van der Waals surface area contributed by atoms with Crippen LogP contribution >= 0.6 is 31.9 Å². The van der Waals surface area contributed by atoms with Gasteiger partial charge in [0.25, 0.3) is 0 Å². The molecule has 1 rings (SSSR count). The molecule has 0 bridgehead atoms. The van der Waals surface area contributed by atoms with Crippen molar-refractivity contribution in [3.63, 3.8) is 0 Å². The summed E-state index contributed by atoms with van der Waals surface area (Å²) in [5, 5.41) is 10.2. The number of halogens is 2. The van der Waals surface area contributed by atoms with Crippen LogP contribution in [0.5, 0.6) is 0 Å². The van der Waals surface area contributed by atoms with Gasteiger partial charge < -0.3 is 0 Å². The first-order valence-corrected chi connectivity index (χ1v) is 4.74. The van der Waals surface area contributed by atoms with Gasteiger partial charge in [0.15, 0.2) is 0 Å². The van der Waals surface area contributed by atoms with Gasteiger partial charge in [0.1, 0.15) is 0 Å². The van der Waals surface area contributed by atoms with Crippen LogP contribution in [0.3, 0.4) is 0 Å². The molecule has 64 valence electrons. The van der Waals surface area contributed by atoms with Gasteiger partial charge in [-0.15, -0.1) is 0 Å². The second kappa shape index (κ2) is 4.00. The molecular formula is C7H5Br2NO2. The van der Waals surface area contributed by atoms with Crippen molar-refractivity contribution in [3.05, 3.63) is 42.8 Å². The zero-order valence-electron chi connectivity index (χ0n) is 5.96. The van der Waals surface area contributed by atoms with Crippen LogP contribution in [0.2, 0.25) is 0 Å². The Hall–Kier alpha value is -0.420. The summed E-state index contributed by atoms with van der Waals surface area (Å²) in [6.07, 6.45) is 0. The lowest BCUT2D eigenvalue weighted by molar-refractivity contribution is -0.497. The molecule has 0 N–H and O–H groups in total. The number of benzene rings is 1. The topological polar surface area (TPSA) is 43.1 Å². The smallest absolute Gasteiger partial charge is 0.230 e. The van der Waals surface area contributed by atoms with Crippen molar-refractivity contribution in [1.29, 1.82) is 0 Å². The molecule has 0 saturated carbocycles. The third-order valence-electron chi connectivity index (χ3n) is 1.31. The van der Waals surface area contributed by atoms with Gasteiger partial charge in [0.05, 0.1) is 0 Å². The van der Waals surface area contributed by atoms with Crippen molar-refractivity contribution in [2.24, 2.45) is 0 Å². The minimum Gasteiger partial charge on any atom is -0.264 e. The lowest BCUT2D eigenvalue weighted by Crippen LogP contribution is -1.98. The number of rotatable bonds is 2. The molecule has 0 amide bonds. The Morgan fingerprint density at radius 3 is 2.58 bits per heavy atom. The van der Waals surface area contributed by atoms with Gasteiger partial charge in [-0.1, -0.05) is 37.9 Å². The number of nitrogens with zero attached hydrogens (tertiary/aromatic N) is 1. The van der Waals surface area contributed by atoms with Crippen LogP contribution in [-0.4, -0.2) is 4.92 Å². The summed E-state index contributed by atoms with van der Waals surface area (Å²) < 4.78 is 1.66. The summed E-state index contributed by atoms with van der Waals surface area (Å²) >= 11 is 6.50. The van der Waals surface area contributed by atoms with E-state index in [0.29, 0.717) is 5.56 Å². The molecule has 5 heteroatoms. The Balaban J connectivity index is 2.93. The summed E-state index contributed by atoms with van der Waals surface area (Å²) in [5.41, 5.74) is 0.684. The molecule has 0 atom stereocenters. The van der Waals surface area contributed by atoms with E-state index in [1.165, 1.54) is 0 Å². The normalized spacial score (nSPS) is 9.83. The Kier molecular flexibility index (Phi) is 3.22. The molecular weight excluding hydrogens is 290 g/mol. The molecule has 0 saturated heterocycles. The second-order valence-electron chi connectivity index (χ2n) is 2.23. The standard InChI is InChI=1S/C7H5Br2NO2/c8-6-2-1-5(4-10(11)12)7(9)3-6/h1-3H,4H2. The molecule has 1 aromatic carbocycles. The van der Waals surface area contributed by atoms with E-state index in [1.54, 1.807) is 18.2 Å². The fourth-order valence-electron chi connectivity index (χ4n) is 0.789. The Morgan fingerprint density at radius 2 is 2.08 bits per heavy atom. The van der Waals surface area contributed by atoms with E-state index in [1.807, 2.05) is 0 Å². The molecule has 0 fully saturated rings. The third kappa shape index (κ3) is 2.57. The summed E-state index contributed by atoms with van der Waals surface area (Å²) in [6, 6.07) is 5.29. The first-order valence-electron chi connectivity index (χ1n) is 3.15. The number of hydrogen-bond donors (Lipinski definition) is 0. The highest BCUT2D eigenvalue weighted by molar-refractivity contribution is 9.11. The van der Waals surface area contributed by atoms with Gasteiger partial charge in [-0.25, -0.2) is 0 Å². The fraction of sp³-hybridized carbons (Fsp3) is 0.143. The van der Waals surface area contributed by atoms with Crippen molar-refractivity contribution in [2.75, 3.05) is 0 Å². The molecule has 0 heterocycles. The Morgan fingerprint density at radius 1 is 1.42 bits per heavy atom. The fourth-order valence-corrected chi connectivity index (χ4v) is 1.96. The van der Waals surface area contributed by atoms with E-state index in [4.69, 9.17) is 0 Å². The highest BCUT2D eigenvalue weighted by Gasteiger charge is 2.05. The maximum absolute atomic E-state index is 10.2. The quantitative estimate of drug-likeness (QED) is 0.622. The van der Waals surface area contributed by atoms with Crippen LogP contribution in [0.15, 0.2) is 27.1 Å². The molecule has 0 unspecified atom stereocenters. The van der Waals surface area contributed by atoms with Gasteiger partial charge >= 0.3 is 0 Å². The SMILES string of the molecule is O=[N+]([O-])Cc1ccc(Br)cc1Br. The van der Waals surface area contributed by atoms with Crippen LogP contribution in [0.1, 0.15) is 5.56 Å². The second-order valence-corrected chi connectivity index (χ2v) is 4.00. The van der Waals surface area contributed by atoms with E-state index >= 15 is 0 Å². The van der Waals surface area contributed by atoms with Crippen molar-refractivity contribution in [1.82, 2.24) is 0 Å². The van der Waals surface area contributed by atoms with Crippen LogP contribution < -0.4 is 0 Å². The lowest BCUT2D eigenvalue weighted by Gasteiger charge is -1.98. The lowest BCUT2D eigenvalue weighted by atomic mass is 10.2. The molecule has 1 aromatic rings. The zero-order valence-corrected chi connectivity index (χ0v) is 9.13. The van der Waals surface area contributed by atoms with Crippen LogP contribution in [0.25, 0.3) is 0 Å². The molecule has 3 nitrogen and oxygen atoms in total. The molecule has 0 radical (unpaired) electrons. The number of hydrogen-bond acceptors (Lipinski definition) is 2.